The number of carboxylic acid groups (broad SMARTS) is 1. The molecule has 0 radical (unpaired) electrons. The van der Waals surface area contributed by atoms with Gasteiger partial charge in [-0.25, -0.2) is 4.68 Å². The van der Waals surface area contributed by atoms with Crippen LogP contribution in [0.4, 0.5) is 0 Å². The summed E-state index contributed by atoms with van der Waals surface area (Å²) < 4.78 is 1.51. The molecule has 0 amide bonds. The minimum Gasteiger partial charge on any atom is -0.481 e. The smallest absolute Gasteiger partial charge is 0.305 e. The first kappa shape index (κ1) is 13.2. The fraction of sp³-hybridized carbons (Fsp3) is 0.214. The molecular weight excluding hydrogens is 270 g/mol. The van der Waals surface area contributed by atoms with Crippen LogP contribution in [0.1, 0.15) is 12.1 Å². The van der Waals surface area contributed by atoms with Crippen molar-refractivity contribution in [3.8, 4) is 11.4 Å². The number of carboxylic acids is 1. The lowest BCUT2D eigenvalue weighted by molar-refractivity contribution is -0.137. The van der Waals surface area contributed by atoms with Crippen molar-refractivity contribution in [2.24, 2.45) is 0 Å². The van der Waals surface area contributed by atoms with Crippen LogP contribution in [0.3, 0.4) is 0 Å². The van der Waals surface area contributed by atoms with Gasteiger partial charge >= 0.3 is 5.97 Å². The number of para-hydroxylation sites is 1. The second-order valence-electron chi connectivity index (χ2n) is 4.70. The van der Waals surface area contributed by atoms with Crippen LogP contribution in [0.15, 0.2) is 30.3 Å². The van der Waals surface area contributed by atoms with Crippen molar-refractivity contribution >= 4 is 16.9 Å². The number of aromatic nitrogens is 5. The van der Waals surface area contributed by atoms with Crippen LogP contribution in [-0.4, -0.2) is 36.3 Å². The van der Waals surface area contributed by atoms with Gasteiger partial charge in [0.15, 0.2) is 5.82 Å². The lowest BCUT2D eigenvalue weighted by Crippen LogP contribution is -2.08. The molecule has 3 aromatic rings. The average Bonchev–Trinajstić information content (AvgIpc) is 2.92. The molecular formula is C14H13N5O2. The Bertz CT molecular complexity index is 812. The number of aryl methyl sites for hydroxylation is 2. The Morgan fingerprint density at radius 2 is 2.14 bits per heavy atom. The van der Waals surface area contributed by atoms with E-state index in [0.29, 0.717) is 5.82 Å². The van der Waals surface area contributed by atoms with Crippen molar-refractivity contribution < 1.29 is 9.90 Å². The molecule has 0 saturated heterocycles. The van der Waals surface area contributed by atoms with E-state index in [9.17, 15) is 4.79 Å². The van der Waals surface area contributed by atoms with Gasteiger partial charge in [0.05, 0.1) is 18.5 Å². The molecule has 1 aromatic carbocycles. The van der Waals surface area contributed by atoms with E-state index in [1.807, 2.05) is 37.3 Å². The van der Waals surface area contributed by atoms with Gasteiger partial charge in [-0.15, -0.1) is 5.10 Å². The van der Waals surface area contributed by atoms with Gasteiger partial charge in [-0.3, -0.25) is 9.78 Å². The third-order valence-corrected chi connectivity index (χ3v) is 3.15. The zero-order chi connectivity index (χ0) is 14.8. The van der Waals surface area contributed by atoms with E-state index in [0.717, 1.165) is 22.2 Å². The van der Waals surface area contributed by atoms with Crippen molar-refractivity contribution in [1.82, 2.24) is 25.2 Å². The van der Waals surface area contributed by atoms with Gasteiger partial charge in [-0.05, 0) is 29.5 Å². The molecule has 0 atom stereocenters. The lowest BCUT2D eigenvalue weighted by Gasteiger charge is -2.07. The Balaban J connectivity index is 2.13. The highest BCUT2D eigenvalue weighted by Crippen LogP contribution is 2.26. The largest absolute Gasteiger partial charge is 0.481 e. The summed E-state index contributed by atoms with van der Waals surface area (Å²) in [7, 11) is 0. The van der Waals surface area contributed by atoms with Crippen LogP contribution in [-0.2, 0) is 11.3 Å². The molecule has 0 unspecified atom stereocenters. The first-order valence-electron chi connectivity index (χ1n) is 6.50. The second-order valence-corrected chi connectivity index (χ2v) is 4.70. The minimum absolute atomic E-state index is 0.0277. The molecule has 7 nitrogen and oxygen atoms in total. The van der Waals surface area contributed by atoms with Crippen LogP contribution in [0, 0.1) is 6.92 Å². The molecule has 3 rings (SSSR count). The average molecular weight is 283 g/mol. The number of rotatable bonds is 4. The third kappa shape index (κ3) is 2.58. The number of tetrazole rings is 1. The van der Waals surface area contributed by atoms with Crippen LogP contribution in [0.2, 0.25) is 0 Å². The fourth-order valence-corrected chi connectivity index (χ4v) is 2.24. The van der Waals surface area contributed by atoms with Crippen molar-refractivity contribution in [2.45, 2.75) is 19.9 Å². The molecule has 106 valence electrons. The normalized spacial score (nSPS) is 10.9. The maximum absolute atomic E-state index is 10.7. The molecule has 2 heterocycles. The molecule has 1 N–H and O–H groups in total. The summed E-state index contributed by atoms with van der Waals surface area (Å²) >= 11 is 0. The van der Waals surface area contributed by atoms with Crippen LogP contribution in [0.25, 0.3) is 22.3 Å². The van der Waals surface area contributed by atoms with Gasteiger partial charge in [-0.2, -0.15) is 0 Å². The SMILES string of the molecule is Cc1cc(-c2nnnn2CCC(=O)O)c2ccccc2n1. The predicted octanol–water partition coefficient (Wildman–Crippen LogP) is 1.67. The number of fused-ring (bicyclic) bond motifs is 1. The van der Waals surface area contributed by atoms with E-state index >= 15 is 0 Å². The number of benzene rings is 1. The number of hydrogen-bond donors (Lipinski definition) is 1. The molecule has 0 fully saturated rings. The van der Waals surface area contributed by atoms with Gasteiger partial charge < -0.3 is 5.11 Å². The summed E-state index contributed by atoms with van der Waals surface area (Å²) in [5.41, 5.74) is 2.57. The predicted molar refractivity (Wildman–Crippen MR) is 75.5 cm³/mol. The summed E-state index contributed by atoms with van der Waals surface area (Å²) in [6.45, 7) is 2.13. The van der Waals surface area contributed by atoms with Crippen molar-refractivity contribution in [2.75, 3.05) is 0 Å². The topological polar surface area (TPSA) is 93.8 Å². The monoisotopic (exact) mass is 283 g/mol. The van der Waals surface area contributed by atoms with Crippen LogP contribution in [0.5, 0.6) is 0 Å². The second kappa shape index (κ2) is 5.28. The van der Waals surface area contributed by atoms with Crippen molar-refractivity contribution in [3.05, 3.63) is 36.0 Å². The first-order chi connectivity index (χ1) is 10.1. The first-order valence-corrected chi connectivity index (χ1v) is 6.50. The number of pyridine rings is 1. The Morgan fingerprint density at radius 3 is 2.95 bits per heavy atom. The molecule has 0 saturated carbocycles. The lowest BCUT2D eigenvalue weighted by atomic mass is 10.1. The molecule has 0 bridgehead atoms. The van der Waals surface area contributed by atoms with Gasteiger partial charge in [0, 0.05) is 16.6 Å². The Kier molecular flexibility index (Phi) is 3.31. The van der Waals surface area contributed by atoms with Crippen LogP contribution >= 0.6 is 0 Å². The molecule has 0 spiro atoms. The van der Waals surface area contributed by atoms with E-state index in [1.54, 1.807) is 0 Å². The minimum atomic E-state index is -0.882. The fourth-order valence-electron chi connectivity index (χ4n) is 2.24. The highest BCUT2D eigenvalue weighted by molar-refractivity contribution is 5.92. The standard InChI is InChI=1S/C14H13N5O2/c1-9-8-11(10-4-2-3-5-12(10)15-9)14-16-17-18-19(14)7-6-13(20)21/h2-5,8H,6-7H2,1H3,(H,20,21). The van der Waals surface area contributed by atoms with E-state index in [2.05, 4.69) is 20.5 Å². The summed E-state index contributed by atoms with van der Waals surface area (Å²) in [5.74, 6) is -0.329. The van der Waals surface area contributed by atoms with E-state index < -0.39 is 5.97 Å². The number of hydrogen-bond acceptors (Lipinski definition) is 5. The zero-order valence-corrected chi connectivity index (χ0v) is 11.4. The zero-order valence-electron chi connectivity index (χ0n) is 11.4. The summed E-state index contributed by atoms with van der Waals surface area (Å²) in [6.07, 6.45) is -0.0277. The quantitative estimate of drug-likeness (QED) is 0.782. The van der Waals surface area contributed by atoms with E-state index in [1.165, 1.54) is 4.68 Å². The molecule has 0 aliphatic rings. The Hall–Kier alpha value is -2.83. The highest BCUT2D eigenvalue weighted by atomic mass is 16.4. The summed E-state index contributed by atoms with van der Waals surface area (Å²) in [4.78, 5) is 15.2. The molecule has 7 heteroatoms. The van der Waals surface area contributed by atoms with Gasteiger partial charge in [0.1, 0.15) is 0 Å². The molecule has 2 aromatic heterocycles. The molecule has 0 aliphatic heterocycles. The third-order valence-electron chi connectivity index (χ3n) is 3.15. The maximum atomic E-state index is 10.7. The Morgan fingerprint density at radius 1 is 1.33 bits per heavy atom. The van der Waals surface area contributed by atoms with Gasteiger partial charge in [0.2, 0.25) is 0 Å². The van der Waals surface area contributed by atoms with E-state index in [-0.39, 0.29) is 13.0 Å². The maximum Gasteiger partial charge on any atom is 0.305 e. The van der Waals surface area contributed by atoms with Crippen molar-refractivity contribution in [3.63, 3.8) is 0 Å². The summed E-state index contributed by atoms with van der Waals surface area (Å²) in [5, 5.41) is 21.3. The van der Waals surface area contributed by atoms with Crippen LogP contribution < -0.4 is 0 Å². The van der Waals surface area contributed by atoms with E-state index in [4.69, 9.17) is 5.11 Å². The number of nitrogens with zero attached hydrogens (tertiary/aromatic N) is 5. The molecule has 21 heavy (non-hydrogen) atoms. The Labute approximate surface area is 120 Å². The number of aliphatic carboxylic acids is 1. The molecule has 0 aliphatic carbocycles. The van der Waals surface area contributed by atoms with Crippen molar-refractivity contribution in [1.29, 1.82) is 0 Å². The van der Waals surface area contributed by atoms with Gasteiger partial charge in [0.25, 0.3) is 0 Å². The summed E-state index contributed by atoms with van der Waals surface area (Å²) in [6, 6.07) is 9.63. The highest BCUT2D eigenvalue weighted by Gasteiger charge is 2.14. The van der Waals surface area contributed by atoms with Gasteiger partial charge in [-0.1, -0.05) is 18.2 Å². The number of carbonyl (C=O) groups is 1.